The van der Waals surface area contributed by atoms with Crippen LogP contribution in [0.5, 0.6) is 0 Å². The molecule has 0 spiro atoms. The molecule has 3 rings (SSSR count). The second kappa shape index (κ2) is 8.79. The number of carbonyl (C=O) groups excluding carboxylic acids is 2. The average Bonchev–Trinajstić information content (AvgIpc) is 3.21. The van der Waals surface area contributed by atoms with E-state index in [9.17, 15) is 14.4 Å². The van der Waals surface area contributed by atoms with E-state index in [4.69, 9.17) is 9.84 Å². The first-order chi connectivity index (χ1) is 13.0. The molecule has 0 radical (unpaired) electrons. The van der Waals surface area contributed by atoms with Gasteiger partial charge in [0.15, 0.2) is 0 Å². The van der Waals surface area contributed by atoms with E-state index < -0.39 is 18.5 Å². The number of nitrogens with one attached hydrogen (secondary N) is 2. The normalized spacial score (nSPS) is 12.4. The Hall–Kier alpha value is -2.71. The number of carboxylic acid groups (broad SMARTS) is 1. The molecule has 3 N–H and O–H groups in total. The first-order valence-electron chi connectivity index (χ1n) is 8.60. The van der Waals surface area contributed by atoms with Crippen LogP contribution in [0.15, 0.2) is 30.3 Å². The number of anilines is 1. The van der Waals surface area contributed by atoms with Gasteiger partial charge in [0.05, 0.1) is 5.56 Å². The Morgan fingerprint density at radius 2 is 1.89 bits per heavy atom. The van der Waals surface area contributed by atoms with Crippen molar-refractivity contribution in [3.05, 3.63) is 51.9 Å². The molecule has 1 aliphatic rings. The largest absolute Gasteiger partial charge is 0.480 e. The van der Waals surface area contributed by atoms with Crippen LogP contribution in [0.2, 0.25) is 0 Å². The van der Waals surface area contributed by atoms with E-state index in [2.05, 4.69) is 10.6 Å². The van der Waals surface area contributed by atoms with Crippen molar-refractivity contribution in [2.24, 2.45) is 0 Å². The predicted molar refractivity (Wildman–Crippen MR) is 101 cm³/mol. The summed E-state index contributed by atoms with van der Waals surface area (Å²) < 4.78 is 4.80. The fourth-order valence-electron chi connectivity index (χ4n) is 2.99. The van der Waals surface area contributed by atoms with Crippen molar-refractivity contribution in [1.82, 2.24) is 5.32 Å². The summed E-state index contributed by atoms with van der Waals surface area (Å²) in [6.45, 7) is -0.516. The highest BCUT2D eigenvalue weighted by Gasteiger charge is 2.27. The van der Waals surface area contributed by atoms with E-state index >= 15 is 0 Å². The van der Waals surface area contributed by atoms with Gasteiger partial charge in [-0.25, -0.2) is 4.79 Å². The van der Waals surface area contributed by atoms with Crippen molar-refractivity contribution in [2.75, 3.05) is 18.5 Å². The van der Waals surface area contributed by atoms with Gasteiger partial charge < -0.3 is 20.5 Å². The van der Waals surface area contributed by atoms with E-state index in [1.54, 1.807) is 0 Å². The van der Waals surface area contributed by atoms with Crippen molar-refractivity contribution in [1.29, 1.82) is 0 Å². The molecule has 0 fully saturated rings. The first-order valence-corrected chi connectivity index (χ1v) is 9.42. The third-order valence-electron chi connectivity index (χ3n) is 4.16. The molecule has 1 aromatic carbocycles. The number of amides is 2. The molecule has 142 valence electrons. The summed E-state index contributed by atoms with van der Waals surface area (Å²) in [6, 6.07) is 9.60. The number of benzene rings is 1. The second-order valence-corrected chi connectivity index (χ2v) is 7.27. The SMILES string of the molecule is O=C(O)COCC(=O)Nc1sc2c(c1C(=O)NCc1ccccc1)CCC2. The Morgan fingerprint density at radius 3 is 2.63 bits per heavy atom. The lowest BCUT2D eigenvalue weighted by Crippen LogP contribution is -2.26. The minimum atomic E-state index is -1.14. The minimum absolute atomic E-state index is 0.222. The van der Waals surface area contributed by atoms with Gasteiger partial charge in [0.2, 0.25) is 0 Å². The van der Waals surface area contributed by atoms with E-state index in [-0.39, 0.29) is 12.5 Å². The molecule has 0 atom stereocenters. The number of thiophene rings is 1. The Bertz CT molecular complexity index is 847. The molecule has 1 aliphatic carbocycles. The zero-order chi connectivity index (χ0) is 19.2. The van der Waals surface area contributed by atoms with E-state index in [1.807, 2.05) is 30.3 Å². The number of hydrogen-bond donors (Lipinski definition) is 3. The lowest BCUT2D eigenvalue weighted by atomic mass is 10.1. The highest BCUT2D eigenvalue weighted by molar-refractivity contribution is 7.17. The number of rotatable bonds is 8. The van der Waals surface area contributed by atoms with Gasteiger partial charge in [0.1, 0.15) is 18.2 Å². The lowest BCUT2D eigenvalue weighted by molar-refractivity contribution is -0.143. The minimum Gasteiger partial charge on any atom is -0.480 e. The fourth-order valence-corrected chi connectivity index (χ4v) is 4.30. The summed E-state index contributed by atoms with van der Waals surface area (Å²) in [5.41, 5.74) is 2.49. The highest BCUT2D eigenvalue weighted by atomic mass is 32.1. The molecule has 2 amide bonds. The number of carbonyl (C=O) groups is 3. The maximum Gasteiger partial charge on any atom is 0.329 e. The summed E-state index contributed by atoms with van der Waals surface area (Å²) in [7, 11) is 0. The molecule has 8 heteroatoms. The Labute approximate surface area is 160 Å². The van der Waals surface area contributed by atoms with Gasteiger partial charge in [0, 0.05) is 11.4 Å². The number of aliphatic carboxylic acids is 1. The van der Waals surface area contributed by atoms with Crippen LogP contribution in [0, 0.1) is 0 Å². The highest BCUT2D eigenvalue weighted by Crippen LogP contribution is 2.39. The second-order valence-electron chi connectivity index (χ2n) is 6.16. The molecule has 2 aromatic rings. The van der Waals surface area contributed by atoms with Crippen LogP contribution in [0.1, 0.15) is 32.8 Å². The molecule has 0 unspecified atom stereocenters. The maximum atomic E-state index is 12.8. The number of fused-ring (bicyclic) bond motifs is 1. The van der Waals surface area contributed by atoms with Crippen LogP contribution in [0.4, 0.5) is 5.00 Å². The van der Waals surface area contributed by atoms with Crippen molar-refractivity contribution in [3.8, 4) is 0 Å². The Balaban J connectivity index is 1.69. The van der Waals surface area contributed by atoms with Crippen LogP contribution in [0.3, 0.4) is 0 Å². The third-order valence-corrected chi connectivity index (χ3v) is 5.36. The predicted octanol–water partition coefficient (Wildman–Crippen LogP) is 2.21. The molecule has 27 heavy (non-hydrogen) atoms. The van der Waals surface area contributed by atoms with Gasteiger partial charge in [-0.05, 0) is 30.4 Å². The molecule has 7 nitrogen and oxygen atoms in total. The van der Waals surface area contributed by atoms with Gasteiger partial charge in [-0.3, -0.25) is 9.59 Å². The van der Waals surface area contributed by atoms with Gasteiger partial charge in [-0.1, -0.05) is 30.3 Å². The van der Waals surface area contributed by atoms with Crippen LogP contribution in [-0.4, -0.2) is 36.1 Å². The maximum absolute atomic E-state index is 12.8. The van der Waals surface area contributed by atoms with Crippen LogP contribution in [-0.2, 0) is 33.7 Å². The van der Waals surface area contributed by atoms with Gasteiger partial charge >= 0.3 is 5.97 Å². The molecule has 0 saturated carbocycles. The smallest absolute Gasteiger partial charge is 0.329 e. The van der Waals surface area contributed by atoms with E-state index in [1.165, 1.54) is 11.3 Å². The van der Waals surface area contributed by atoms with Crippen molar-refractivity contribution in [2.45, 2.75) is 25.8 Å². The van der Waals surface area contributed by atoms with Crippen molar-refractivity contribution in [3.63, 3.8) is 0 Å². The van der Waals surface area contributed by atoms with Crippen molar-refractivity contribution >= 4 is 34.1 Å². The fraction of sp³-hybridized carbons (Fsp3) is 0.316. The molecule has 1 heterocycles. The average molecular weight is 388 g/mol. The van der Waals surface area contributed by atoms with Crippen molar-refractivity contribution < 1.29 is 24.2 Å². The molecule has 0 aliphatic heterocycles. The summed E-state index contributed by atoms with van der Waals surface area (Å²) in [5, 5.41) is 14.7. The molecule has 0 saturated heterocycles. The number of ether oxygens (including phenoxy) is 1. The van der Waals surface area contributed by atoms with Gasteiger partial charge in [0.25, 0.3) is 11.8 Å². The zero-order valence-electron chi connectivity index (χ0n) is 14.6. The Kier molecular flexibility index (Phi) is 6.20. The Morgan fingerprint density at radius 1 is 1.11 bits per heavy atom. The molecular weight excluding hydrogens is 368 g/mol. The van der Waals surface area contributed by atoms with Gasteiger partial charge in [-0.2, -0.15) is 0 Å². The zero-order valence-corrected chi connectivity index (χ0v) is 15.4. The topological polar surface area (TPSA) is 105 Å². The van der Waals surface area contributed by atoms with Crippen LogP contribution in [0.25, 0.3) is 0 Å². The first kappa shape index (κ1) is 19.1. The van der Waals surface area contributed by atoms with E-state index in [0.29, 0.717) is 17.1 Å². The summed E-state index contributed by atoms with van der Waals surface area (Å²) in [6.07, 6.45) is 2.70. The van der Waals surface area contributed by atoms with Crippen LogP contribution < -0.4 is 10.6 Å². The quantitative estimate of drug-likeness (QED) is 0.643. The van der Waals surface area contributed by atoms with E-state index in [0.717, 1.165) is 35.3 Å². The third kappa shape index (κ3) is 4.93. The number of carboxylic acids is 1. The monoisotopic (exact) mass is 388 g/mol. The van der Waals surface area contributed by atoms with Crippen LogP contribution >= 0.6 is 11.3 Å². The number of aryl methyl sites for hydroxylation is 1. The summed E-state index contributed by atoms with van der Waals surface area (Å²) >= 11 is 1.40. The number of hydrogen-bond acceptors (Lipinski definition) is 5. The van der Waals surface area contributed by atoms with Gasteiger partial charge in [-0.15, -0.1) is 11.3 Å². The summed E-state index contributed by atoms with van der Waals surface area (Å²) in [4.78, 5) is 36.4. The standard InChI is InChI=1S/C19H20N2O5S/c22-15(10-26-11-16(23)24)21-19-17(13-7-4-8-14(13)27-19)18(25)20-9-12-5-2-1-3-6-12/h1-3,5-6H,4,7-11H2,(H,20,25)(H,21,22)(H,23,24). The molecule has 0 bridgehead atoms. The lowest BCUT2D eigenvalue weighted by Gasteiger charge is -2.10. The molecule has 1 aromatic heterocycles. The molecular formula is C19H20N2O5S. The summed E-state index contributed by atoms with van der Waals surface area (Å²) in [5.74, 6) is -1.84.